The van der Waals surface area contributed by atoms with Crippen molar-refractivity contribution in [3.8, 4) is 11.5 Å². The highest BCUT2D eigenvalue weighted by Crippen LogP contribution is 2.37. The number of alkyl halides is 2. The molecule has 4 aromatic rings. The highest BCUT2D eigenvalue weighted by atomic mass is 19.1. The van der Waals surface area contributed by atoms with Crippen molar-refractivity contribution >= 4 is 45.6 Å². The van der Waals surface area contributed by atoms with Gasteiger partial charge in [-0.3, -0.25) is 19.2 Å². The fraction of sp³-hybridized carbons (Fsp3) is 0.548. The van der Waals surface area contributed by atoms with Gasteiger partial charge in [-0.05, 0) is 82.6 Å². The number of imidazole rings is 1. The van der Waals surface area contributed by atoms with E-state index in [-0.39, 0.29) is 74.4 Å². The van der Waals surface area contributed by atoms with Gasteiger partial charge in [0.25, 0.3) is 0 Å². The van der Waals surface area contributed by atoms with Crippen molar-refractivity contribution in [3.63, 3.8) is 0 Å². The summed E-state index contributed by atoms with van der Waals surface area (Å²) >= 11 is 0. The van der Waals surface area contributed by atoms with Crippen LogP contribution in [0.3, 0.4) is 0 Å². The Bertz CT molecular complexity index is 2190. The molecular formula is C42H55F4N9O4. The molecule has 0 spiro atoms. The lowest BCUT2D eigenvalue weighted by Crippen LogP contribution is -2.55. The summed E-state index contributed by atoms with van der Waals surface area (Å²) in [6, 6.07) is 3.98. The summed E-state index contributed by atoms with van der Waals surface area (Å²) in [7, 11) is 3.26. The fourth-order valence-electron chi connectivity index (χ4n) is 8.25. The molecule has 0 bridgehead atoms. The Morgan fingerprint density at radius 2 is 1.42 bits per heavy atom. The van der Waals surface area contributed by atoms with Crippen molar-refractivity contribution in [1.82, 2.24) is 45.6 Å². The molecule has 4 amide bonds. The van der Waals surface area contributed by atoms with E-state index in [4.69, 9.17) is 4.98 Å². The summed E-state index contributed by atoms with van der Waals surface area (Å²) in [6.07, 6.45) is -2.32. The highest BCUT2D eigenvalue weighted by molar-refractivity contribution is 5.93. The number of hydrogen-bond donors (Lipinski definition) is 5. The molecule has 6 rings (SSSR count). The predicted molar refractivity (Wildman–Crippen MR) is 217 cm³/mol. The number of rotatable bonds is 15. The third kappa shape index (κ3) is 9.10. The van der Waals surface area contributed by atoms with Crippen LogP contribution in [0.1, 0.15) is 59.4 Å². The molecule has 2 saturated heterocycles. The number of fused-ring (bicyclic) bond motifs is 2. The molecule has 0 radical (unpaired) electrons. The first-order valence-corrected chi connectivity index (χ1v) is 20.4. The van der Waals surface area contributed by atoms with Crippen LogP contribution in [0, 0.1) is 17.6 Å². The number of halogens is 4. The number of aromatic amines is 1. The highest BCUT2D eigenvalue weighted by Gasteiger charge is 2.42. The largest absolute Gasteiger partial charge is 0.352 e. The lowest BCUT2D eigenvalue weighted by molar-refractivity contribution is -0.138. The molecule has 59 heavy (non-hydrogen) atoms. The van der Waals surface area contributed by atoms with Gasteiger partial charge in [0.05, 0.1) is 47.9 Å². The van der Waals surface area contributed by atoms with Gasteiger partial charge in [-0.2, -0.15) is 0 Å². The van der Waals surface area contributed by atoms with E-state index in [1.54, 1.807) is 65.4 Å². The molecule has 5 N–H and O–H groups in total. The molecule has 0 unspecified atom stereocenters. The predicted octanol–water partition coefficient (Wildman–Crippen LogP) is 4.13. The van der Waals surface area contributed by atoms with E-state index >= 15 is 8.78 Å². The van der Waals surface area contributed by atoms with Gasteiger partial charge in [0.2, 0.25) is 23.6 Å². The summed E-state index contributed by atoms with van der Waals surface area (Å²) < 4.78 is 62.1. The molecule has 17 heteroatoms. The molecule has 2 aromatic heterocycles. The average Bonchev–Trinajstić information content (AvgIpc) is 3.96. The van der Waals surface area contributed by atoms with E-state index in [9.17, 15) is 28.0 Å². The molecule has 320 valence electrons. The minimum Gasteiger partial charge on any atom is -0.352 e. The number of carbonyl (C=O) groups is 4. The van der Waals surface area contributed by atoms with Crippen molar-refractivity contribution in [2.45, 2.75) is 115 Å². The van der Waals surface area contributed by atoms with E-state index in [2.05, 4.69) is 26.3 Å². The molecule has 4 heterocycles. The monoisotopic (exact) mass is 825 g/mol. The Balaban J connectivity index is 1.40. The lowest BCUT2D eigenvalue weighted by Gasteiger charge is -2.31. The van der Waals surface area contributed by atoms with E-state index in [1.807, 2.05) is 0 Å². The van der Waals surface area contributed by atoms with Crippen LogP contribution in [0.25, 0.3) is 33.5 Å². The number of aromatic nitrogens is 3. The van der Waals surface area contributed by atoms with Gasteiger partial charge in [-0.25, -0.2) is 22.5 Å². The summed E-state index contributed by atoms with van der Waals surface area (Å²) in [5.74, 6) is -2.69. The first kappa shape index (κ1) is 43.5. The van der Waals surface area contributed by atoms with E-state index in [1.165, 1.54) is 34.1 Å². The van der Waals surface area contributed by atoms with Gasteiger partial charge < -0.3 is 40.6 Å². The van der Waals surface area contributed by atoms with E-state index in [0.717, 1.165) is 0 Å². The van der Waals surface area contributed by atoms with Crippen LogP contribution in [0.15, 0.2) is 36.4 Å². The smallest absolute Gasteiger partial charge is 0.245 e. The van der Waals surface area contributed by atoms with Gasteiger partial charge in [0.15, 0.2) is 5.82 Å². The lowest BCUT2D eigenvalue weighted by atomic mass is 9.98. The maximum Gasteiger partial charge on any atom is 0.245 e. The Morgan fingerprint density at radius 1 is 0.831 bits per heavy atom. The Hall–Kier alpha value is -5.03. The van der Waals surface area contributed by atoms with Crippen molar-refractivity contribution < 1.29 is 36.7 Å². The first-order chi connectivity index (χ1) is 28.0. The Morgan fingerprint density at radius 3 is 2.05 bits per heavy atom. The third-order valence-electron chi connectivity index (χ3n) is 11.8. The van der Waals surface area contributed by atoms with Gasteiger partial charge in [0.1, 0.15) is 36.1 Å². The molecule has 0 aliphatic carbocycles. The zero-order valence-electron chi connectivity index (χ0n) is 34.5. The second-order valence-corrected chi connectivity index (χ2v) is 16.2. The topological polar surface area (TPSA) is 156 Å². The minimum atomic E-state index is -1.35. The van der Waals surface area contributed by atoms with Crippen LogP contribution in [-0.2, 0) is 32.1 Å². The fourth-order valence-corrected chi connectivity index (χ4v) is 8.25. The number of likely N-dealkylation sites (tertiary alicyclic amines) is 2. The standard InChI is InChI=1S/C42H55F4N9O4/c1-8-32(51-39(56)22(4)47-6)41(58)54-19-27(46)14-29(54)20-55-35-12-10-25(44)16-34(35)50-38(55)37-31(30-11-9-24(43)15-33(30)49-37)17-28-13-26(45)18-53(28)42(59)36(21(2)3)52-40(57)23(5)48-7/h9-12,15-16,21-23,26-29,32,36,47-49H,8,13-14,17-20H2,1-7H3,(H,51,56)(H,52,57)/t22-,23-,26-,27-,28-,29-,32-,36-/m0/s1. The molecule has 2 fully saturated rings. The van der Waals surface area contributed by atoms with Crippen LogP contribution in [0.4, 0.5) is 17.6 Å². The Labute approximate surface area is 341 Å². The van der Waals surface area contributed by atoms with Gasteiger partial charge in [-0.15, -0.1) is 0 Å². The number of hydrogen-bond acceptors (Lipinski definition) is 7. The maximum atomic E-state index is 15.4. The van der Waals surface area contributed by atoms with Crippen LogP contribution in [0.2, 0.25) is 0 Å². The molecule has 2 aliphatic rings. The summed E-state index contributed by atoms with van der Waals surface area (Å²) in [5.41, 5.74) is 2.16. The maximum absolute atomic E-state index is 15.4. The number of nitrogens with one attached hydrogen (secondary N) is 5. The van der Waals surface area contributed by atoms with Crippen molar-refractivity contribution in [1.29, 1.82) is 0 Å². The zero-order valence-corrected chi connectivity index (χ0v) is 34.5. The number of H-pyrrole nitrogens is 1. The second-order valence-electron chi connectivity index (χ2n) is 16.2. The number of carbonyl (C=O) groups excluding carboxylic acids is 4. The summed E-state index contributed by atoms with van der Waals surface area (Å²) in [4.78, 5) is 64.9. The Kier molecular flexibility index (Phi) is 13.3. The van der Waals surface area contributed by atoms with Crippen LogP contribution >= 0.6 is 0 Å². The molecule has 2 aliphatic heterocycles. The van der Waals surface area contributed by atoms with Crippen molar-refractivity contribution in [2.75, 3.05) is 27.2 Å². The van der Waals surface area contributed by atoms with Crippen molar-refractivity contribution in [2.24, 2.45) is 5.92 Å². The summed E-state index contributed by atoms with van der Waals surface area (Å²) in [5, 5.41) is 11.9. The average molecular weight is 826 g/mol. The molecular weight excluding hydrogens is 771 g/mol. The van der Waals surface area contributed by atoms with Gasteiger partial charge in [0, 0.05) is 42.4 Å². The number of benzene rings is 2. The third-order valence-corrected chi connectivity index (χ3v) is 11.8. The molecule has 2 aromatic carbocycles. The molecule has 8 atom stereocenters. The first-order valence-electron chi connectivity index (χ1n) is 20.4. The minimum absolute atomic E-state index is 0.00557. The quantitative estimate of drug-likeness (QED) is 0.113. The van der Waals surface area contributed by atoms with Crippen LogP contribution in [0.5, 0.6) is 0 Å². The molecule has 13 nitrogen and oxygen atoms in total. The second kappa shape index (κ2) is 18.1. The number of nitrogens with zero attached hydrogens (tertiary/aromatic N) is 4. The van der Waals surface area contributed by atoms with E-state index < -0.39 is 72.0 Å². The SMILES string of the molecule is CC[C@H](NC(=O)[C@H](C)NC)C(=O)N1C[C@@H](F)C[C@H]1Cn1c(-c2[nH]c3cc(F)ccc3c2C[C@@H]2C[C@H](F)CN2C(=O)[C@@H](NC(=O)[C@H](C)NC)C(C)C)nc2cc(F)ccc21. The molecule has 0 saturated carbocycles. The van der Waals surface area contributed by atoms with Crippen LogP contribution < -0.4 is 21.3 Å². The van der Waals surface area contributed by atoms with Crippen molar-refractivity contribution in [3.05, 3.63) is 53.6 Å². The number of amides is 4. The normalized spacial score (nSPS) is 21.6. The number of likely N-dealkylation sites (N-methyl/N-ethyl adjacent to an activating group) is 2. The van der Waals surface area contributed by atoms with E-state index in [0.29, 0.717) is 27.7 Å². The summed E-state index contributed by atoms with van der Waals surface area (Å²) in [6.45, 7) is 8.36. The van der Waals surface area contributed by atoms with Gasteiger partial charge in [-0.1, -0.05) is 20.8 Å². The van der Waals surface area contributed by atoms with Gasteiger partial charge >= 0.3 is 0 Å². The van der Waals surface area contributed by atoms with Crippen LogP contribution in [-0.4, -0.2) is 124 Å². The zero-order chi connectivity index (χ0) is 42.9.